The first kappa shape index (κ1) is 16.8. The third-order valence-corrected chi connectivity index (χ3v) is 3.36. The highest BCUT2D eigenvalue weighted by atomic mass is 35.5. The van der Waals surface area contributed by atoms with E-state index in [-0.39, 0.29) is 11.7 Å². The normalized spacial score (nSPS) is 12.6. The molecule has 0 spiro atoms. The monoisotopic (exact) mass is 331 g/mol. The van der Waals surface area contributed by atoms with Gasteiger partial charge in [0.2, 0.25) is 6.10 Å². The number of aryl methyl sites for hydroxylation is 1. The number of nitrogens with zero attached hydrogens (tertiary/aromatic N) is 1. The summed E-state index contributed by atoms with van der Waals surface area (Å²) in [6, 6.07) is 14.4. The minimum atomic E-state index is -0.777. The van der Waals surface area contributed by atoms with Crippen LogP contribution in [0.5, 0.6) is 0 Å². The van der Waals surface area contributed by atoms with E-state index in [4.69, 9.17) is 22.2 Å². The second-order valence-corrected chi connectivity index (χ2v) is 5.53. The molecule has 0 saturated carbocycles. The second-order valence-electron chi connectivity index (χ2n) is 5.09. The molecule has 1 unspecified atom stereocenters. The zero-order valence-corrected chi connectivity index (χ0v) is 13.7. The van der Waals surface area contributed by atoms with Gasteiger partial charge in [-0.25, -0.2) is 0 Å². The first-order chi connectivity index (χ1) is 11.0. The van der Waals surface area contributed by atoms with Gasteiger partial charge in [-0.05, 0) is 55.8 Å². The van der Waals surface area contributed by atoms with Crippen molar-refractivity contribution in [3.8, 4) is 0 Å². The van der Waals surface area contributed by atoms with Crippen LogP contribution in [0.15, 0.2) is 53.7 Å². The molecule has 2 aromatic carbocycles. The van der Waals surface area contributed by atoms with Crippen LogP contribution in [0.4, 0.5) is 5.69 Å². The molecule has 0 aromatic heterocycles. The van der Waals surface area contributed by atoms with E-state index in [9.17, 15) is 4.79 Å². The number of rotatable bonds is 5. The van der Waals surface area contributed by atoms with Gasteiger partial charge in [0.05, 0.1) is 0 Å². The standard InChI is InChI=1S/C17H18ClN3O2/c1-11-4-3-5-15(10-11)20-17(22)12(2)23-21-16(19)13-6-8-14(18)9-7-13/h3-10,12H,1-2H3,(H2,19,21)(H,20,22). The van der Waals surface area contributed by atoms with Crippen molar-refractivity contribution in [2.45, 2.75) is 20.0 Å². The number of halogens is 1. The van der Waals surface area contributed by atoms with Crippen LogP contribution in [0.1, 0.15) is 18.1 Å². The Kier molecular flexibility index (Phi) is 5.60. The van der Waals surface area contributed by atoms with E-state index < -0.39 is 6.10 Å². The molecule has 0 heterocycles. The summed E-state index contributed by atoms with van der Waals surface area (Å²) in [7, 11) is 0. The number of hydrogen-bond acceptors (Lipinski definition) is 3. The fraction of sp³-hybridized carbons (Fsp3) is 0.176. The summed E-state index contributed by atoms with van der Waals surface area (Å²) in [5.74, 6) is -0.125. The summed E-state index contributed by atoms with van der Waals surface area (Å²) in [4.78, 5) is 17.2. The number of hydrogen-bond donors (Lipinski definition) is 2. The Balaban J connectivity index is 1.95. The molecule has 0 saturated heterocycles. The lowest BCUT2D eigenvalue weighted by Crippen LogP contribution is -2.27. The molecule has 2 rings (SSSR count). The summed E-state index contributed by atoms with van der Waals surface area (Å²) in [5.41, 5.74) is 8.25. The van der Waals surface area contributed by atoms with Gasteiger partial charge in [0, 0.05) is 16.3 Å². The van der Waals surface area contributed by atoms with Gasteiger partial charge in [-0.2, -0.15) is 0 Å². The first-order valence-electron chi connectivity index (χ1n) is 7.08. The fourth-order valence-electron chi connectivity index (χ4n) is 1.82. The number of benzene rings is 2. The van der Waals surface area contributed by atoms with Crippen LogP contribution in [0, 0.1) is 6.92 Å². The summed E-state index contributed by atoms with van der Waals surface area (Å²) < 4.78 is 0. The van der Waals surface area contributed by atoms with Crippen molar-refractivity contribution in [1.82, 2.24) is 0 Å². The third-order valence-electron chi connectivity index (χ3n) is 3.10. The third kappa shape index (κ3) is 5.00. The molecule has 1 amide bonds. The van der Waals surface area contributed by atoms with E-state index >= 15 is 0 Å². The number of amidine groups is 1. The lowest BCUT2D eigenvalue weighted by Gasteiger charge is -2.11. The number of amides is 1. The molecule has 0 fully saturated rings. The van der Waals surface area contributed by atoms with Crippen molar-refractivity contribution in [2.24, 2.45) is 10.9 Å². The average molecular weight is 332 g/mol. The molecule has 2 aromatic rings. The quantitative estimate of drug-likeness (QED) is 0.501. The van der Waals surface area contributed by atoms with Gasteiger partial charge in [-0.15, -0.1) is 0 Å². The van der Waals surface area contributed by atoms with Gasteiger partial charge in [0.25, 0.3) is 5.91 Å². The Hall–Kier alpha value is -2.53. The molecule has 120 valence electrons. The van der Waals surface area contributed by atoms with E-state index in [0.29, 0.717) is 16.3 Å². The van der Waals surface area contributed by atoms with Crippen molar-refractivity contribution in [2.75, 3.05) is 5.32 Å². The number of carbonyl (C=O) groups is 1. The molecule has 23 heavy (non-hydrogen) atoms. The topological polar surface area (TPSA) is 76.7 Å². The SMILES string of the molecule is Cc1cccc(NC(=O)C(C)O/N=C(\N)c2ccc(Cl)cc2)c1. The maximum atomic E-state index is 12.1. The molecule has 5 nitrogen and oxygen atoms in total. The van der Waals surface area contributed by atoms with Crippen LogP contribution >= 0.6 is 11.6 Å². The van der Waals surface area contributed by atoms with Crippen molar-refractivity contribution in [3.05, 3.63) is 64.7 Å². The van der Waals surface area contributed by atoms with Gasteiger partial charge in [0.15, 0.2) is 5.84 Å². The van der Waals surface area contributed by atoms with Gasteiger partial charge < -0.3 is 15.9 Å². The molecule has 0 aliphatic rings. The number of nitrogens with two attached hydrogens (primary N) is 1. The maximum absolute atomic E-state index is 12.1. The predicted molar refractivity (Wildman–Crippen MR) is 92.5 cm³/mol. The molecule has 0 aliphatic carbocycles. The largest absolute Gasteiger partial charge is 0.381 e. The van der Waals surface area contributed by atoms with E-state index in [2.05, 4.69) is 10.5 Å². The van der Waals surface area contributed by atoms with Crippen LogP contribution in [-0.2, 0) is 9.63 Å². The second kappa shape index (κ2) is 7.65. The molecular formula is C17H18ClN3O2. The molecule has 0 radical (unpaired) electrons. The van der Waals surface area contributed by atoms with Crippen LogP contribution in [0.25, 0.3) is 0 Å². The van der Waals surface area contributed by atoms with Crippen molar-refractivity contribution >= 4 is 29.0 Å². The molecule has 6 heteroatoms. The summed E-state index contributed by atoms with van der Waals surface area (Å²) in [5, 5.41) is 7.16. The van der Waals surface area contributed by atoms with E-state index in [0.717, 1.165) is 5.56 Å². The number of anilines is 1. The highest BCUT2D eigenvalue weighted by Crippen LogP contribution is 2.11. The molecule has 0 aliphatic heterocycles. The lowest BCUT2D eigenvalue weighted by molar-refractivity contribution is -0.126. The van der Waals surface area contributed by atoms with Crippen LogP contribution in [-0.4, -0.2) is 17.8 Å². The van der Waals surface area contributed by atoms with Crippen molar-refractivity contribution < 1.29 is 9.63 Å². The Morgan fingerprint density at radius 3 is 2.61 bits per heavy atom. The number of nitrogens with one attached hydrogen (secondary N) is 1. The van der Waals surface area contributed by atoms with E-state index in [1.54, 1.807) is 31.2 Å². The summed E-state index contributed by atoms with van der Waals surface area (Å²) >= 11 is 5.81. The summed E-state index contributed by atoms with van der Waals surface area (Å²) in [6.07, 6.45) is -0.777. The van der Waals surface area contributed by atoms with Gasteiger partial charge in [-0.3, -0.25) is 4.79 Å². The molecule has 1 atom stereocenters. The Labute approximate surface area is 140 Å². The van der Waals surface area contributed by atoms with Gasteiger partial charge in [-0.1, -0.05) is 28.9 Å². The number of carbonyl (C=O) groups excluding carboxylic acids is 1. The summed E-state index contributed by atoms with van der Waals surface area (Å²) in [6.45, 7) is 3.55. The Bertz CT molecular complexity index is 714. The zero-order chi connectivity index (χ0) is 16.8. The van der Waals surface area contributed by atoms with Crippen LogP contribution < -0.4 is 11.1 Å². The van der Waals surface area contributed by atoms with Gasteiger partial charge in [0.1, 0.15) is 0 Å². The highest BCUT2D eigenvalue weighted by Gasteiger charge is 2.14. The fourth-order valence-corrected chi connectivity index (χ4v) is 1.95. The molecule has 3 N–H and O–H groups in total. The average Bonchev–Trinajstić information content (AvgIpc) is 2.53. The minimum Gasteiger partial charge on any atom is -0.381 e. The Morgan fingerprint density at radius 2 is 1.96 bits per heavy atom. The lowest BCUT2D eigenvalue weighted by atomic mass is 10.2. The number of oxime groups is 1. The van der Waals surface area contributed by atoms with Crippen LogP contribution in [0.3, 0.4) is 0 Å². The van der Waals surface area contributed by atoms with E-state index in [1.165, 1.54) is 0 Å². The Morgan fingerprint density at radius 1 is 1.26 bits per heavy atom. The predicted octanol–water partition coefficient (Wildman–Crippen LogP) is 3.31. The van der Waals surface area contributed by atoms with Crippen molar-refractivity contribution in [3.63, 3.8) is 0 Å². The van der Waals surface area contributed by atoms with Crippen LogP contribution in [0.2, 0.25) is 5.02 Å². The van der Waals surface area contributed by atoms with E-state index in [1.807, 2.05) is 31.2 Å². The smallest absolute Gasteiger partial charge is 0.267 e. The molecular weight excluding hydrogens is 314 g/mol. The molecule has 0 bridgehead atoms. The van der Waals surface area contributed by atoms with Gasteiger partial charge >= 0.3 is 0 Å². The maximum Gasteiger partial charge on any atom is 0.267 e. The zero-order valence-electron chi connectivity index (χ0n) is 12.9. The van der Waals surface area contributed by atoms with Crippen molar-refractivity contribution in [1.29, 1.82) is 0 Å². The first-order valence-corrected chi connectivity index (χ1v) is 7.46. The minimum absolute atomic E-state index is 0.178. The highest BCUT2D eigenvalue weighted by molar-refractivity contribution is 6.30.